The molecule has 5 rings (SSSR count). The third-order valence-electron chi connectivity index (χ3n) is 7.11. The molecule has 0 spiro atoms. The van der Waals surface area contributed by atoms with Crippen LogP contribution in [0.15, 0.2) is 36.4 Å². The number of halogens is 1. The van der Waals surface area contributed by atoms with E-state index in [0.29, 0.717) is 5.91 Å². The third-order valence-corrected chi connectivity index (χ3v) is 8.28. The molecule has 2 aromatic carbocycles. The fourth-order valence-electron chi connectivity index (χ4n) is 5.22. The summed E-state index contributed by atoms with van der Waals surface area (Å²) in [5, 5.41) is 5.09. The first-order valence-corrected chi connectivity index (χ1v) is 13.1. The van der Waals surface area contributed by atoms with Crippen LogP contribution in [-0.4, -0.2) is 46.4 Å². The molecule has 1 saturated carbocycles. The standard InChI is InChI=1S/C26H31ClN4OS/c1-17-15-30(11-12-31(17)25(32)19-7-3-4-8-19)16-20-13-21(27)14-23(18(20)2)29-26-28-22-9-5-6-10-24(22)33-26/h5-6,9-10,13-14,17,19H,3-4,7-8,11-12,15-16H2,1-2H3,(H,28,29)/t17-/m0/s1. The number of para-hydroxylation sites is 1. The van der Waals surface area contributed by atoms with E-state index >= 15 is 0 Å². The maximum Gasteiger partial charge on any atom is 0.226 e. The number of hydrogen-bond acceptors (Lipinski definition) is 5. The Morgan fingerprint density at radius 3 is 2.76 bits per heavy atom. The molecule has 1 atom stereocenters. The monoisotopic (exact) mass is 482 g/mol. The molecule has 1 aliphatic carbocycles. The highest BCUT2D eigenvalue weighted by Gasteiger charge is 2.33. The maximum atomic E-state index is 12.9. The normalized spacial score (nSPS) is 20.0. The fourth-order valence-corrected chi connectivity index (χ4v) is 6.34. The number of carbonyl (C=O) groups is 1. The second kappa shape index (κ2) is 9.61. The molecule has 3 aromatic rings. The summed E-state index contributed by atoms with van der Waals surface area (Å²) in [7, 11) is 0. The van der Waals surface area contributed by atoms with E-state index in [0.717, 1.165) is 60.4 Å². The van der Waals surface area contributed by atoms with Crippen LogP contribution in [0.2, 0.25) is 5.02 Å². The molecule has 1 amide bonds. The minimum Gasteiger partial charge on any atom is -0.337 e. The average Bonchev–Trinajstić information content (AvgIpc) is 3.46. The van der Waals surface area contributed by atoms with Crippen molar-refractivity contribution in [3.05, 3.63) is 52.5 Å². The second-order valence-corrected chi connectivity index (χ2v) is 10.9. The van der Waals surface area contributed by atoms with E-state index in [2.05, 4.69) is 41.1 Å². The third kappa shape index (κ3) is 4.88. The van der Waals surface area contributed by atoms with Crippen molar-refractivity contribution in [2.45, 2.75) is 52.1 Å². The number of nitrogens with zero attached hydrogens (tertiary/aromatic N) is 3. The van der Waals surface area contributed by atoms with Crippen LogP contribution in [0.25, 0.3) is 10.2 Å². The number of anilines is 2. The van der Waals surface area contributed by atoms with Crippen molar-refractivity contribution in [3.63, 3.8) is 0 Å². The van der Waals surface area contributed by atoms with Crippen molar-refractivity contribution in [2.75, 3.05) is 25.0 Å². The van der Waals surface area contributed by atoms with Gasteiger partial charge in [0.15, 0.2) is 5.13 Å². The molecule has 2 fully saturated rings. The number of hydrogen-bond donors (Lipinski definition) is 1. The number of nitrogens with one attached hydrogen (secondary N) is 1. The van der Waals surface area contributed by atoms with Crippen LogP contribution in [0.5, 0.6) is 0 Å². The van der Waals surface area contributed by atoms with Gasteiger partial charge in [0.05, 0.1) is 10.2 Å². The number of fused-ring (bicyclic) bond motifs is 1. The van der Waals surface area contributed by atoms with E-state index in [1.165, 1.54) is 28.7 Å². The molecular formula is C26H31ClN4OS. The van der Waals surface area contributed by atoms with Crippen molar-refractivity contribution < 1.29 is 4.79 Å². The highest BCUT2D eigenvalue weighted by atomic mass is 35.5. The minimum atomic E-state index is 0.242. The Morgan fingerprint density at radius 2 is 2.00 bits per heavy atom. The molecule has 0 radical (unpaired) electrons. The van der Waals surface area contributed by atoms with Crippen molar-refractivity contribution in [1.29, 1.82) is 0 Å². The number of piperazine rings is 1. The molecule has 0 unspecified atom stereocenters. The summed E-state index contributed by atoms with van der Waals surface area (Å²) in [5.41, 5.74) is 4.41. The van der Waals surface area contributed by atoms with Crippen LogP contribution in [0, 0.1) is 12.8 Å². The predicted octanol–water partition coefficient (Wildman–Crippen LogP) is 6.22. The maximum absolute atomic E-state index is 12.9. The van der Waals surface area contributed by atoms with Crippen molar-refractivity contribution >= 4 is 49.9 Å². The second-order valence-electron chi connectivity index (χ2n) is 9.45. The highest BCUT2D eigenvalue weighted by molar-refractivity contribution is 7.22. The lowest BCUT2D eigenvalue weighted by atomic mass is 10.0. The number of aromatic nitrogens is 1. The smallest absolute Gasteiger partial charge is 0.226 e. The van der Waals surface area contributed by atoms with Crippen molar-refractivity contribution in [1.82, 2.24) is 14.8 Å². The number of rotatable bonds is 5. The molecule has 174 valence electrons. The Morgan fingerprint density at radius 1 is 1.21 bits per heavy atom. The van der Waals surface area contributed by atoms with Gasteiger partial charge in [-0.05, 0) is 62.1 Å². The number of benzene rings is 2. The largest absolute Gasteiger partial charge is 0.337 e. The Bertz CT molecular complexity index is 1120. The minimum absolute atomic E-state index is 0.242. The van der Waals surface area contributed by atoms with E-state index in [1.807, 2.05) is 24.3 Å². The van der Waals surface area contributed by atoms with E-state index in [9.17, 15) is 4.79 Å². The molecule has 0 bridgehead atoms. The van der Waals surface area contributed by atoms with Gasteiger partial charge in [0.1, 0.15) is 0 Å². The Hall–Kier alpha value is -2.15. The summed E-state index contributed by atoms with van der Waals surface area (Å²) >= 11 is 8.17. The van der Waals surface area contributed by atoms with Gasteiger partial charge in [0, 0.05) is 48.8 Å². The molecule has 7 heteroatoms. The van der Waals surface area contributed by atoms with Gasteiger partial charge in [-0.25, -0.2) is 4.98 Å². The van der Waals surface area contributed by atoms with Crippen LogP contribution in [-0.2, 0) is 11.3 Å². The van der Waals surface area contributed by atoms with Crippen molar-refractivity contribution in [2.24, 2.45) is 5.92 Å². The predicted molar refractivity (Wildman–Crippen MR) is 138 cm³/mol. The fraction of sp³-hybridized carbons (Fsp3) is 0.462. The summed E-state index contributed by atoms with van der Waals surface area (Å²) in [6.45, 7) is 7.76. The SMILES string of the molecule is Cc1c(CN2CCN(C(=O)C3CCCC3)[C@@H](C)C2)cc(Cl)cc1Nc1nc2ccccc2s1. The zero-order chi connectivity index (χ0) is 22.9. The summed E-state index contributed by atoms with van der Waals surface area (Å²) < 4.78 is 1.17. The Balaban J connectivity index is 1.28. The van der Waals surface area contributed by atoms with Gasteiger partial charge in [-0.2, -0.15) is 0 Å². The first-order chi connectivity index (χ1) is 16.0. The van der Waals surface area contributed by atoms with Gasteiger partial charge in [-0.1, -0.05) is 47.9 Å². The average molecular weight is 483 g/mol. The molecule has 2 aliphatic rings. The molecule has 1 saturated heterocycles. The van der Waals surface area contributed by atoms with Crippen LogP contribution in [0.1, 0.15) is 43.7 Å². The summed E-state index contributed by atoms with van der Waals surface area (Å²) in [6.07, 6.45) is 4.54. The summed E-state index contributed by atoms with van der Waals surface area (Å²) in [6, 6.07) is 12.5. The topological polar surface area (TPSA) is 48.5 Å². The van der Waals surface area contributed by atoms with Crippen LogP contribution in [0.3, 0.4) is 0 Å². The zero-order valence-corrected chi connectivity index (χ0v) is 20.9. The molecular weight excluding hydrogens is 452 g/mol. The van der Waals surface area contributed by atoms with Crippen molar-refractivity contribution in [3.8, 4) is 0 Å². The number of amides is 1. The zero-order valence-electron chi connectivity index (χ0n) is 19.3. The van der Waals surface area contributed by atoms with E-state index < -0.39 is 0 Å². The lowest BCUT2D eigenvalue weighted by Crippen LogP contribution is -2.54. The Kier molecular flexibility index (Phi) is 6.59. The lowest BCUT2D eigenvalue weighted by Gasteiger charge is -2.41. The molecule has 33 heavy (non-hydrogen) atoms. The lowest BCUT2D eigenvalue weighted by molar-refractivity contribution is -0.140. The summed E-state index contributed by atoms with van der Waals surface area (Å²) in [4.78, 5) is 22.2. The van der Waals surface area contributed by atoms with Gasteiger partial charge in [-0.15, -0.1) is 0 Å². The van der Waals surface area contributed by atoms with Crippen LogP contribution < -0.4 is 5.32 Å². The highest BCUT2D eigenvalue weighted by Crippen LogP contribution is 2.33. The van der Waals surface area contributed by atoms with E-state index in [-0.39, 0.29) is 12.0 Å². The van der Waals surface area contributed by atoms with E-state index in [4.69, 9.17) is 16.6 Å². The van der Waals surface area contributed by atoms with Crippen LogP contribution >= 0.6 is 22.9 Å². The van der Waals surface area contributed by atoms with E-state index in [1.54, 1.807) is 11.3 Å². The quantitative estimate of drug-likeness (QED) is 0.468. The molecule has 5 nitrogen and oxygen atoms in total. The van der Waals surface area contributed by atoms with Gasteiger partial charge in [0.2, 0.25) is 5.91 Å². The van der Waals surface area contributed by atoms with Gasteiger partial charge in [-0.3, -0.25) is 9.69 Å². The Labute approximate surface area is 204 Å². The number of thiazole rings is 1. The number of carbonyl (C=O) groups excluding carboxylic acids is 1. The molecule has 1 aliphatic heterocycles. The molecule has 2 heterocycles. The van der Waals surface area contributed by atoms with Gasteiger partial charge >= 0.3 is 0 Å². The van der Waals surface area contributed by atoms with Crippen LogP contribution in [0.4, 0.5) is 10.8 Å². The van der Waals surface area contributed by atoms with Gasteiger partial charge in [0.25, 0.3) is 0 Å². The van der Waals surface area contributed by atoms with Gasteiger partial charge < -0.3 is 10.2 Å². The summed E-state index contributed by atoms with van der Waals surface area (Å²) in [5.74, 6) is 0.631. The molecule has 1 N–H and O–H groups in total. The first kappa shape index (κ1) is 22.6. The first-order valence-electron chi connectivity index (χ1n) is 11.9. The molecule has 1 aromatic heterocycles.